The number of benzene rings is 2. The fourth-order valence-corrected chi connectivity index (χ4v) is 2.74. The number of fused-ring (bicyclic) bond motifs is 1. The third kappa shape index (κ3) is 3.95. The molecule has 1 heterocycles. The fourth-order valence-electron chi connectivity index (χ4n) is 2.74. The largest absolute Gasteiger partial charge is 0.493 e. The fraction of sp³-hybridized carbons (Fsp3) is 0.300. The predicted octanol–water partition coefficient (Wildman–Crippen LogP) is 2.64. The summed E-state index contributed by atoms with van der Waals surface area (Å²) < 4.78 is 26.9. The Morgan fingerprint density at radius 1 is 0.929 bits per heavy atom. The van der Waals surface area contributed by atoms with Gasteiger partial charge in [0.15, 0.2) is 23.0 Å². The number of carbonyl (C=O) groups is 1. The zero-order chi connectivity index (χ0) is 20.1. The molecule has 0 bridgehead atoms. The molecule has 3 rings (SSSR count). The van der Waals surface area contributed by atoms with Crippen molar-refractivity contribution in [1.82, 2.24) is 5.43 Å². The lowest BCUT2D eigenvalue weighted by molar-refractivity contribution is 0.0954. The molecule has 0 fully saturated rings. The summed E-state index contributed by atoms with van der Waals surface area (Å²) in [7, 11) is 4.48. The Labute approximate surface area is 163 Å². The van der Waals surface area contributed by atoms with Gasteiger partial charge in [-0.2, -0.15) is 5.10 Å². The summed E-state index contributed by atoms with van der Waals surface area (Å²) >= 11 is 0. The van der Waals surface area contributed by atoms with Crippen LogP contribution in [-0.2, 0) is 0 Å². The standard InChI is InChI=1S/C20H22N2O6/c1-12(13-5-6-15-16(9-13)28-8-7-27-15)21-22-20(23)14-10-17(24-2)19(26-4)18(11-14)25-3/h5-6,9-11H,7-8H2,1-4H3,(H,22,23)/b21-12-. The van der Waals surface area contributed by atoms with Crippen molar-refractivity contribution >= 4 is 11.6 Å². The molecule has 0 spiro atoms. The van der Waals surface area contributed by atoms with Crippen LogP contribution >= 0.6 is 0 Å². The number of amides is 1. The third-order valence-corrected chi connectivity index (χ3v) is 4.21. The van der Waals surface area contributed by atoms with Crippen LogP contribution in [0.15, 0.2) is 35.4 Å². The second-order valence-electron chi connectivity index (χ2n) is 5.91. The van der Waals surface area contributed by atoms with E-state index in [1.807, 2.05) is 18.2 Å². The van der Waals surface area contributed by atoms with Crippen LogP contribution in [0.3, 0.4) is 0 Å². The topological polar surface area (TPSA) is 87.6 Å². The summed E-state index contributed by atoms with van der Waals surface area (Å²) in [6.07, 6.45) is 0. The molecule has 1 amide bonds. The van der Waals surface area contributed by atoms with E-state index in [9.17, 15) is 4.79 Å². The van der Waals surface area contributed by atoms with E-state index < -0.39 is 5.91 Å². The highest BCUT2D eigenvalue weighted by Gasteiger charge is 2.17. The lowest BCUT2D eigenvalue weighted by Crippen LogP contribution is -2.20. The minimum Gasteiger partial charge on any atom is -0.493 e. The Bertz CT molecular complexity index is 885. The maximum atomic E-state index is 12.5. The number of nitrogens with zero attached hydrogens (tertiary/aromatic N) is 1. The molecule has 0 saturated heterocycles. The summed E-state index contributed by atoms with van der Waals surface area (Å²) in [5, 5.41) is 4.18. The van der Waals surface area contributed by atoms with E-state index >= 15 is 0 Å². The lowest BCUT2D eigenvalue weighted by atomic mass is 10.1. The Hall–Kier alpha value is -3.42. The second kappa shape index (κ2) is 8.51. The molecule has 0 aliphatic carbocycles. The first-order valence-corrected chi connectivity index (χ1v) is 8.62. The van der Waals surface area contributed by atoms with E-state index in [2.05, 4.69) is 10.5 Å². The highest BCUT2D eigenvalue weighted by Crippen LogP contribution is 2.38. The molecule has 0 atom stereocenters. The lowest BCUT2D eigenvalue weighted by Gasteiger charge is -2.18. The van der Waals surface area contributed by atoms with Gasteiger partial charge in [0.05, 0.1) is 27.0 Å². The zero-order valence-electron chi connectivity index (χ0n) is 16.2. The number of hydrogen-bond donors (Lipinski definition) is 1. The summed E-state index contributed by atoms with van der Waals surface area (Å²) in [5.74, 6) is 2.14. The van der Waals surface area contributed by atoms with Crippen molar-refractivity contribution in [3.63, 3.8) is 0 Å². The molecule has 1 aliphatic rings. The van der Waals surface area contributed by atoms with E-state index in [1.165, 1.54) is 21.3 Å². The van der Waals surface area contributed by atoms with E-state index in [1.54, 1.807) is 19.1 Å². The molecule has 1 N–H and O–H groups in total. The van der Waals surface area contributed by atoms with Gasteiger partial charge in [0.2, 0.25) is 5.75 Å². The van der Waals surface area contributed by atoms with Crippen molar-refractivity contribution < 1.29 is 28.5 Å². The van der Waals surface area contributed by atoms with Gasteiger partial charge in [-0.25, -0.2) is 5.43 Å². The quantitative estimate of drug-likeness (QED) is 0.607. The molecule has 8 nitrogen and oxygen atoms in total. The van der Waals surface area contributed by atoms with Gasteiger partial charge in [0.25, 0.3) is 5.91 Å². The smallest absolute Gasteiger partial charge is 0.271 e. The SMILES string of the molecule is COc1cc(C(=O)N/N=C(/C)c2ccc3c(c2)OCCO3)cc(OC)c1OC. The first-order valence-electron chi connectivity index (χ1n) is 8.62. The van der Waals surface area contributed by atoms with E-state index in [0.29, 0.717) is 53.2 Å². The van der Waals surface area contributed by atoms with Gasteiger partial charge in [-0.3, -0.25) is 4.79 Å². The summed E-state index contributed by atoms with van der Waals surface area (Å²) in [4.78, 5) is 12.5. The molecule has 0 aromatic heterocycles. The van der Waals surface area contributed by atoms with Gasteiger partial charge in [-0.15, -0.1) is 0 Å². The summed E-state index contributed by atoms with van der Waals surface area (Å²) in [5.41, 5.74) is 4.31. The third-order valence-electron chi connectivity index (χ3n) is 4.21. The van der Waals surface area contributed by atoms with Crippen molar-refractivity contribution in [3.05, 3.63) is 41.5 Å². The van der Waals surface area contributed by atoms with Crippen molar-refractivity contribution in [1.29, 1.82) is 0 Å². The van der Waals surface area contributed by atoms with E-state index in [-0.39, 0.29) is 0 Å². The first kappa shape index (κ1) is 19.3. The maximum absolute atomic E-state index is 12.5. The number of hydrogen-bond acceptors (Lipinski definition) is 7. The Balaban J connectivity index is 1.79. The van der Waals surface area contributed by atoms with Crippen LogP contribution in [0.2, 0.25) is 0 Å². The van der Waals surface area contributed by atoms with Crippen LogP contribution in [0.1, 0.15) is 22.8 Å². The van der Waals surface area contributed by atoms with Crippen molar-refractivity contribution in [2.75, 3.05) is 34.5 Å². The molecule has 0 saturated carbocycles. The molecule has 1 aliphatic heterocycles. The van der Waals surface area contributed by atoms with Gasteiger partial charge in [-0.05, 0) is 37.3 Å². The average Bonchev–Trinajstić information content (AvgIpc) is 2.75. The van der Waals surface area contributed by atoms with Gasteiger partial charge in [0.1, 0.15) is 13.2 Å². The Morgan fingerprint density at radius 2 is 1.57 bits per heavy atom. The molecular formula is C20H22N2O6. The summed E-state index contributed by atoms with van der Waals surface area (Å²) in [6, 6.07) is 8.64. The molecule has 2 aromatic carbocycles. The van der Waals surface area contributed by atoms with Crippen LogP contribution in [0.5, 0.6) is 28.7 Å². The van der Waals surface area contributed by atoms with Gasteiger partial charge < -0.3 is 23.7 Å². The molecule has 2 aromatic rings. The van der Waals surface area contributed by atoms with Gasteiger partial charge in [-0.1, -0.05) is 0 Å². The van der Waals surface area contributed by atoms with Crippen LogP contribution in [0, 0.1) is 0 Å². The molecular weight excluding hydrogens is 364 g/mol. The number of methoxy groups -OCH3 is 3. The monoisotopic (exact) mass is 386 g/mol. The number of carbonyl (C=O) groups excluding carboxylic acids is 1. The Morgan fingerprint density at radius 3 is 2.18 bits per heavy atom. The van der Waals surface area contributed by atoms with Crippen LogP contribution < -0.4 is 29.1 Å². The molecule has 0 radical (unpaired) electrons. The van der Waals surface area contributed by atoms with Crippen molar-refractivity contribution in [2.45, 2.75) is 6.92 Å². The number of ether oxygens (including phenoxy) is 5. The Kier molecular flexibility index (Phi) is 5.88. The molecule has 8 heteroatoms. The highest BCUT2D eigenvalue weighted by molar-refractivity contribution is 6.01. The molecule has 0 unspecified atom stereocenters. The maximum Gasteiger partial charge on any atom is 0.271 e. The predicted molar refractivity (Wildman–Crippen MR) is 103 cm³/mol. The van der Waals surface area contributed by atoms with E-state index in [0.717, 1.165) is 5.56 Å². The van der Waals surface area contributed by atoms with Crippen molar-refractivity contribution in [3.8, 4) is 28.7 Å². The number of nitrogens with one attached hydrogen (secondary N) is 1. The van der Waals surface area contributed by atoms with E-state index in [4.69, 9.17) is 23.7 Å². The second-order valence-corrected chi connectivity index (χ2v) is 5.91. The van der Waals surface area contributed by atoms with Gasteiger partial charge >= 0.3 is 0 Å². The summed E-state index contributed by atoms with van der Waals surface area (Å²) in [6.45, 7) is 2.83. The molecule has 28 heavy (non-hydrogen) atoms. The first-order chi connectivity index (χ1) is 13.6. The number of hydrazone groups is 1. The normalized spacial score (nSPS) is 12.9. The minimum absolute atomic E-state index is 0.327. The minimum atomic E-state index is -0.406. The number of rotatable bonds is 6. The highest BCUT2D eigenvalue weighted by atomic mass is 16.6. The van der Waals surface area contributed by atoms with Gasteiger partial charge in [0, 0.05) is 11.1 Å². The van der Waals surface area contributed by atoms with Crippen LogP contribution in [-0.4, -0.2) is 46.2 Å². The molecule has 148 valence electrons. The average molecular weight is 386 g/mol. The zero-order valence-corrected chi connectivity index (χ0v) is 16.2. The van der Waals surface area contributed by atoms with Crippen LogP contribution in [0.4, 0.5) is 0 Å². The van der Waals surface area contributed by atoms with Crippen molar-refractivity contribution in [2.24, 2.45) is 5.10 Å². The van der Waals surface area contributed by atoms with Crippen LogP contribution in [0.25, 0.3) is 0 Å².